The molecule has 0 bridgehead atoms. The van der Waals surface area contributed by atoms with Crippen LogP contribution in [-0.2, 0) is 6.54 Å². The lowest BCUT2D eigenvalue weighted by Crippen LogP contribution is -2.18. The van der Waals surface area contributed by atoms with Gasteiger partial charge in [0.1, 0.15) is 5.75 Å². The van der Waals surface area contributed by atoms with Crippen molar-refractivity contribution in [3.63, 3.8) is 0 Å². The van der Waals surface area contributed by atoms with Crippen LogP contribution in [0.5, 0.6) is 5.75 Å². The smallest absolute Gasteiger partial charge is 0.190 e. The van der Waals surface area contributed by atoms with Crippen molar-refractivity contribution in [2.45, 2.75) is 6.54 Å². The van der Waals surface area contributed by atoms with Gasteiger partial charge in [0.05, 0.1) is 19.2 Å². The highest BCUT2D eigenvalue weighted by Gasteiger charge is 2.19. The van der Waals surface area contributed by atoms with Crippen LogP contribution in [0.1, 0.15) is 15.9 Å². The van der Waals surface area contributed by atoms with Gasteiger partial charge in [-0.3, -0.25) is 9.48 Å². The Morgan fingerprint density at radius 3 is 2.76 bits per heavy atom. The van der Waals surface area contributed by atoms with E-state index in [2.05, 4.69) is 5.10 Å². The van der Waals surface area contributed by atoms with Gasteiger partial charge in [0.15, 0.2) is 11.6 Å². The predicted octanol–water partition coefficient (Wildman–Crippen LogP) is 2.13. The minimum Gasteiger partial charge on any atom is -0.497 e. The average molecular weight is 283 g/mol. The van der Waals surface area contributed by atoms with E-state index in [0.29, 0.717) is 18.7 Å². The number of methoxy groups -OCH3 is 1. The molecule has 0 saturated heterocycles. The molecule has 2 aromatic rings. The van der Waals surface area contributed by atoms with Crippen molar-refractivity contribution in [2.24, 2.45) is 0 Å². The number of carbonyl (C=O) groups is 1. The molecule has 1 aliphatic heterocycles. The molecule has 0 fully saturated rings. The lowest BCUT2D eigenvalue weighted by atomic mass is 10.2. The van der Waals surface area contributed by atoms with E-state index < -0.39 is 0 Å². The fourth-order valence-electron chi connectivity index (χ4n) is 2.36. The van der Waals surface area contributed by atoms with Gasteiger partial charge in [-0.15, -0.1) is 0 Å². The Balaban J connectivity index is 1.87. The molecule has 2 heterocycles. The molecule has 5 heteroatoms. The Kier molecular flexibility index (Phi) is 3.48. The molecule has 0 radical (unpaired) electrons. The number of aromatic nitrogens is 2. The third kappa shape index (κ3) is 2.67. The first-order valence-corrected chi connectivity index (χ1v) is 6.80. The van der Waals surface area contributed by atoms with Crippen molar-refractivity contribution < 1.29 is 9.53 Å². The highest BCUT2D eigenvalue weighted by Crippen LogP contribution is 2.21. The van der Waals surface area contributed by atoms with Gasteiger partial charge in [0.25, 0.3) is 0 Å². The molecular formula is C16H17N3O2. The molecule has 1 aromatic carbocycles. The minimum absolute atomic E-state index is 0.00957. The normalized spacial score (nSPS) is 14.0. The molecule has 0 spiro atoms. The molecule has 0 saturated carbocycles. The van der Waals surface area contributed by atoms with Crippen LogP contribution < -0.4 is 9.64 Å². The summed E-state index contributed by atoms with van der Waals surface area (Å²) in [7, 11) is 3.58. The first-order chi connectivity index (χ1) is 10.2. The summed E-state index contributed by atoms with van der Waals surface area (Å²) < 4.78 is 6.95. The summed E-state index contributed by atoms with van der Waals surface area (Å²) in [6, 6.07) is 7.84. The predicted molar refractivity (Wildman–Crippen MR) is 81.1 cm³/mol. The fourth-order valence-corrected chi connectivity index (χ4v) is 2.36. The van der Waals surface area contributed by atoms with Crippen molar-refractivity contribution in [1.82, 2.24) is 9.78 Å². The van der Waals surface area contributed by atoms with Crippen LogP contribution >= 0.6 is 0 Å². The van der Waals surface area contributed by atoms with Gasteiger partial charge >= 0.3 is 0 Å². The molecule has 5 nitrogen and oxygen atoms in total. The third-order valence-corrected chi connectivity index (χ3v) is 3.52. The number of hydrogen-bond donors (Lipinski definition) is 0. The van der Waals surface area contributed by atoms with Crippen molar-refractivity contribution >= 4 is 11.6 Å². The molecule has 0 amide bonds. The lowest BCUT2D eigenvalue weighted by molar-refractivity contribution is 0.104. The summed E-state index contributed by atoms with van der Waals surface area (Å²) in [5.41, 5.74) is 1.76. The van der Waals surface area contributed by atoms with E-state index in [1.165, 1.54) is 0 Å². The van der Waals surface area contributed by atoms with Crippen molar-refractivity contribution in [3.8, 4) is 5.75 Å². The van der Waals surface area contributed by atoms with Crippen LogP contribution in [0.3, 0.4) is 0 Å². The molecule has 3 rings (SSSR count). The Labute approximate surface area is 123 Å². The van der Waals surface area contributed by atoms with E-state index in [1.54, 1.807) is 17.9 Å². The number of likely N-dealkylation sites (N-methyl/N-ethyl adjacent to an activating group) is 1. The maximum atomic E-state index is 12.0. The number of ether oxygens (including phenoxy) is 1. The van der Waals surface area contributed by atoms with Crippen molar-refractivity contribution in [3.05, 3.63) is 53.7 Å². The Bertz CT molecular complexity index is 686. The topological polar surface area (TPSA) is 47.4 Å². The summed E-state index contributed by atoms with van der Waals surface area (Å²) in [5.74, 6) is 1.57. The van der Waals surface area contributed by atoms with Crippen LogP contribution in [0.15, 0.2) is 42.6 Å². The Morgan fingerprint density at radius 2 is 2.05 bits per heavy atom. The number of ketones is 1. The average Bonchev–Trinajstić information content (AvgIpc) is 2.86. The van der Waals surface area contributed by atoms with Gasteiger partial charge in [-0.2, -0.15) is 5.10 Å². The number of allylic oxidation sites excluding steroid dienone is 1. The van der Waals surface area contributed by atoms with E-state index >= 15 is 0 Å². The van der Waals surface area contributed by atoms with Crippen LogP contribution in [0.25, 0.3) is 0 Å². The number of benzene rings is 1. The lowest BCUT2D eigenvalue weighted by Gasteiger charge is -2.12. The first kappa shape index (κ1) is 13.4. The zero-order chi connectivity index (χ0) is 14.8. The van der Waals surface area contributed by atoms with Gasteiger partial charge in [-0.1, -0.05) is 18.2 Å². The number of carbonyl (C=O) groups excluding carboxylic acids is 1. The van der Waals surface area contributed by atoms with Crippen LogP contribution in [0, 0.1) is 0 Å². The molecule has 0 aliphatic carbocycles. The second-order valence-corrected chi connectivity index (χ2v) is 5.06. The van der Waals surface area contributed by atoms with Crippen molar-refractivity contribution in [1.29, 1.82) is 0 Å². The highest BCUT2D eigenvalue weighted by molar-refractivity contribution is 6.08. The fraction of sp³-hybridized carbons (Fsp3) is 0.250. The number of hydrogen-bond acceptors (Lipinski definition) is 4. The number of nitrogens with zero attached hydrogens (tertiary/aromatic N) is 3. The first-order valence-electron chi connectivity index (χ1n) is 6.80. The van der Waals surface area contributed by atoms with E-state index in [4.69, 9.17) is 4.74 Å². The third-order valence-electron chi connectivity index (χ3n) is 3.52. The zero-order valence-corrected chi connectivity index (χ0v) is 12.1. The zero-order valence-electron chi connectivity index (χ0n) is 12.1. The van der Waals surface area contributed by atoms with Gasteiger partial charge in [-0.05, 0) is 23.8 Å². The van der Waals surface area contributed by atoms with Crippen molar-refractivity contribution in [2.75, 3.05) is 25.6 Å². The molecule has 0 unspecified atom stereocenters. The Morgan fingerprint density at radius 1 is 1.29 bits per heavy atom. The van der Waals surface area contributed by atoms with Gasteiger partial charge in [0, 0.05) is 19.8 Å². The summed E-state index contributed by atoms with van der Waals surface area (Å²) in [6.45, 7) is 1.32. The molecule has 0 N–H and O–H groups in total. The second-order valence-electron chi connectivity index (χ2n) is 5.06. The molecule has 21 heavy (non-hydrogen) atoms. The van der Waals surface area contributed by atoms with Gasteiger partial charge < -0.3 is 9.64 Å². The SMILES string of the molecule is COc1ccc(Cn2cc3c(n2)N(C)CC=CC3=O)cc1. The summed E-state index contributed by atoms with van der Waals surface area (Å²) in [4.78, 5) is 14.0. The van der Waals surface area contributed by atoms with E-state index in [-0.39, 0.29) is 5.78 Å². The minimum atomic E-state index is 0.00957. The summed E-state index contributed by atoms with van der Waals surface area (Å²) >= 11 is 0. The van der Waals surface area contributed by atoms with E-state index in [9.17, 15) is 4.79 Å². The second kappa shape index (κ2) is 5.44. The summed E-state index contributed by atoms with van der Waals surface area (Å²) in [5, 5.41) is 4.53. The number of fused-ring (bicyclic) bond motifs is 1. The van der Waals surface area contributed by atoms with E-state index in [0.717, 1.165) is 17.1 Å². The molecular weight excluding hydrogens is 266 g/mol. The van der Waals surface area contributed by atoms with Crippen LogP contribution in [0.4, 0.5) is 5.82 Å². The molecule has 0 atom stereocenters. The maximum absolute atomic E-state index is 12.0. The molecule has 1 aromatic heterocycles. The maximum Gasteiger partial charge on any atom is 0.190 e. The highest BCUT2D eigenvalue weighted by atomic mass is 16.5. The van der Waals surface area contributed by atoms with Gasteiger partial charge in [0.2, 0.25) is 0 Å². The van der Waals surface area contributed by atoms with E-state index in [1.807, 2.05) is 48.5 Å². The number of anilines is 1. The standard InChI is InChI=1S/C16H17N3O2/c1-18-9-3-4-15(20)14-11-19(17-16(14)18)10-12-5-7-13(21-2)8-6-12/h3-8,11H,9-10H2,1-2H3. The van der Waals surface area contributed by atoms with Gasteiger partial charge in [-0.25, -0.2) is 0 Å². The van der Waals surface area contributed by atoms with Crippen LogP contribution in [-0.4, -0.2) is 36.3 Å². The monoisotopic (exact) mass is 283 g/mol. The molecule has 1 aliphatic rings. The Hall–Kier alpha value is -2.56. The van der Waals surface area contributed by atoms with Crippen LogP contribution in [0.2, 0.25) is 0 Å². The largest absolute Gasteiger partial charge is 0.497 e. The summed E-state index contributed by atoms with van der Waals surface area (Å²) in [6.07, 6.45) is 5.29. The number of rotatable bonds is 3. The molecule has 108 valence electrons. The quantitative estimate of drug-likeness (QED) is 0.866.